The van der Waals surface area contributed by atoms with Crippen LogP contribution < -0.4 is 10.4 Å². The predicted molar refractivity (Wildman–Crippen MR) is 160 cm³/mol. The number of hydrogen-bond donors (Lipinski definition) is 3. The summed E-state index contributed by atoms with van der Waals surface area (Å²) in [5.41, 5.74) is 4.72. The number of carboxylic acid groups (broad SMARTS) is 1. The van der Waals surface area contributed by atoms with Crippen LogP contribution in [-0.2, 0) is 11.3 Å². The van der Waals surface area contributed by atoms with Crippen LogP contribution >= 0.6 is 0 Å². The first kappa shape index (κ1) is 33.5. The molecule has 0 unspecified atom stereocenters. The number of para-hydroxylation sites is 1. The van der Waals surface area contributed by atoms with Crippen LogP contribution in [0.15, 0.2) is 84.9 Å². The van der Waals surface area contributed by atoms with E-state index in [0.717, 1.165) is 11.3 Å². The van der Waals surface area contributed by atoms with E-state index in [4.69, 9.17) is 0 Å². The smallest absolute Gasteiger partial charge is 0.550 e. The zero-order valence-corrected chi connectivity index (χ0v) is 26.0. The Morgan fingerprint density at radius 3 is 2.05 bits per heavy atom. The Hall–Kier alpha value is -3.01. The van der Waals surface area contributed by atoms with Crippen molar-refractivity contribution in [3.63, 3.8) is 0 Å². The summed E-state index contributed by atoms with van der Waals surface area (Å²) in [5, 5.41) is 34.6. The number of aliphatic hydroxyl groups excluding tert-OH is 2. The number of carbonyl (C=O) groups excluding carboxylic acids is 2. The van der Waals surface area contributed by atoms with E-state index >= 15 is 0 Å². The van der Waals surface area contributed by atoms with Crippen LogP contribution in [0.1, 0.15) is 55.1 Å². The zero-order valence-electron chi connectivity index (χ0n) is 23.8. The van der Waals surface area contributed by atoms with Gasteiger partial charge in [-0.15, -0.1) is 0 Å². The molecule has 0 aliphatic heterocycles. The molecule has 4 aromatic rings. The molecule has 0 saturated heterocycles. The third-order valence-corrected chi connectivity index (χ3v) is 6.92. The quantitative estimate of drug-likeness (QED) is 0.207. The van der Waals surface area contributed by atoms with Crippen LogP contribution in [0.3, 0.4) is 0 Å². The van der Waals surface area contributed by atoms with E-state index in [1.165, 1.54) is 12.1 Å². The molecule has 0 fully saturated rings. The standard InChI is InChI=1S/C33H35FN2O5.Ca/c1-21(2)31-30(33(41)35-25-11-7-4-8-12-25)29(22-9-5-3-6-10-22)32(23-13-15-24(34)16-14-23)36(31)18-17-26(37)19-27(38)20-28(39)40;/h3-16,21,26-27,37-38H,17-20H2,1-2H3,(H,35,41)(H,39,40);/q;+2/p-1/t26-,27+;/m0./s1. The Bertz CT molecular complexity index is 1470. The maximum atomic E-state index is 14.0. The third-order valence-electron chi connectivity index (χ3n) is 6.92. The Kier molecular flexibility index (Phi) is 12.3. The van der Waals surface area contributed by atoms with Crippen molar-refractivity contribution in [1.29, 1.82) is 0 Å². The van der Waals surface area contributed by atoms with Crippen molar-refractivity contribution in [2.24, 2.45) is 0 Å². The van der Waals surface area contributed by atoms with Crippen LogP contribution in [0, 0.1) is 5.82 Å². The Balaban J connectivity index is 0.00000484. The first-order valence-corrected chi connectivity index (χ1v) is 13.7. The second-order valence-corrected chi connectivity index (χ2v) is 10.4. The van der Waals surface area contributed by atoms with Crippen LogP contribution in [0.5, 0.6) is 0 Å². The molecule has 214 valence electrons. The maximum absolute atomic E-state index is 14.0. The number of anilines is 1. The number of amides is 1. The van der Waals surface area contributed by atoms with E-state index in [-0.39, 0.29) is 68.9 Å². The van der Waals surface area contributed by atoms with Crippen molar-refractivity contribution in [2.75, 3.05) is 5.32 Å². The molecule has 1 heterocycles. The van der Waals surface area contributed by atoms with E-state index in [2.05, 4.69) is 5.32 Å². The number of halogens is 1. The molecule has 4 rings (SSSR count). The topological polar surface area (TPSA) is 115 Å². The molecule has 9 heteroatoms. The fourth-order valence-corrected chi connectivity index (χ4v) is 5.19. The van der Waals surface area contributed by atoms with Gasteiger partial charge in [0.15, 0.2) is 0 Å². The molecule has 0 spiro atoms. The molecular weight excluding hydrogens is 563 g/mol. The van der Waals surface area contributed by atoms with Crippen molar-refractivity contribution >= 4 is 55.3 Å². The Morgan fingerprint density at radius 2 is 1.48 bits per heavy atom. The molecule has 7 nitrogen and oxygen atoms in total. The van der Waals surface area contributed by atoms with Gasteiger partial charge >= 0.3 is 37.7 Å². The van der Waals surface area contributed by atoms with Gasteiger partial charge in [-0.2, -0.15) is 0 Å². The van der Waals surface area contributed by atoms with Gasteiger partial charge in [-0.25, -0.2) is 4.39 Å². The van der Waals surface area contributed by atoms with E-state index in [1.54, 1.807) is 24.3 Å². The molecule has 0 aliphatic rings. The number of carbonyl (C=O) groups is 2. The number of nitrogens with one attached hydrogen (secondary N) is 1. The monoisotopic (exact) mass is 597 g/mol. The van der Waals surface area contributed by atoms with Crippen molar-refractivity contribution in [3.8, 4) is 22.4 Å². The minimum Gasteiger partial charge on any atom is -0.550 e. The normalized spacial score (nSPS) is 12.4. The fourth-order valence-electron chi connectivity index (χ4n) is 5.19. The molecule has 2 atom stereocenters. The second kappa shape index (κ2) is 15.5. The van der Waals surface area contributed by atoms with Crippen LogP contribution in [0.4, 0.5) is 10.1 Å². The number of nitrogens with zero attached hydrogens (tertiary/aromatic N) is 1. The summed E-state index contributed by atoms with van der Waals surface area (Å²) in [4.78, 5) is 24.9. The van der Waals surface area contributed by atoms with E-state index < -0.39 is 30.4 Å². The minimum atomic E-state index is -1.39. The first-order valence-electron chi connectivity index (χ1n) is 13.7. The molecule has 0 saturated carbocycles. The predicted octanol–water partition coefficient (Wildman–Crippen LogP) is 4.60. The molecular formula is C33H34CaFN2O5+. The molecule has 0 aliphatic carbocycles. The average Bonchev–Trinajstić information content (AvgIpc) is 3.28. The third kappa shape index (κ3) is 8.30. The van der Waals surface area contributed by atoms with Gasteiger partial charge in [0.05, 0.1) is 23.5 Å². The van der Waals surface area contributed by atoms with Gasteiger partial charge in [-0.3, -0.25) is 4.79 Å². The van der Waals surface area contributed by atoms with Crippen LogP contribution in [-0.4, -0.2) is 76.6 Å². The number of rotatable bonds is 12. The number of aliphatic hydroxyl groups is 2. The summed E-state index contributed by atoms with van der Waals surface area (Å²) in [6, 6.07) is 24.7. The fraction of sp³-hybridized carbons (Fsp3) is 0.273. The summed E-state index contributed by atoms with van der Waals surface area (Å²) in [6.45, 7) is 4.22. The first-order chi connectivity index (χ1) is 19.7. The van der Waals surface area contributed by atoms with Gasteiger partial charge in [0.25, 0.3) is 5.91 Å². The van der Waals surface area contributed by atoms with Crippen molar-refractivity contribution in [3.05, 3.63) is 102 Å². The van der Waals surface area contributed by atoms with Gasteiger partial charge in [-0.05, 0) is 66.3 Å². The minimum absolute atomic E-state index is 0. The summed E-state index contributed by atoms with van der Waals surface area (Å²) >= 11 is 0. The largest absolute Gasteiger partial charge is 2.00 e. The average molecular weight is 598 g/mol. The number of carboxylic acids is 1. The SMILES string of the molecule is CC(C)c1c(C(=O)Nc2ccccc2)c(-c2ccccc2)c(-c2ccc(F)cc2)n1CC[C@H](O)C[C@@H](O)CC(=O)[O-].[Ca+2]. The number of benzene rings is 3. The number of aliphatic carboxylic acids is 1. The summed E-state index contributed by atoms with van der Waals surface area (Å²) in [7, 11) is 0. The van der Waals surface area contributed by atoms with Crippen molar-refractivity contribution < 1.29 is 29.3 Å². The van der Waals surface area contributed by atoms with Gasteiger partial charge in [0.2, 0.25) is 0 Å². The van der Waals surface area contributed by atoms with Gasteiger partial charge in [0.1, 0.15) is 5.82 Å². The summed E-state index contributed by atoms with van der Waals surface area (Å²) < 4.78 is 16.0. The maximum Gasteiger partial charge on any atom is 2.00 e. The molecule has 1 aromatic heterocycles. The van der Waals surface area contributed by atoms with Crippen LogP contribution in [0.25, 0.3) is 22.4 Å². The van der Waals surface area contributed by atoms with E-state index in [1.807, 2.05) is 66.9 Å². The summed E-state index contributed by atoms with van der Waals surface area (Å²) in [5.74, 6) is -2.20. The molecule has 0 radical (unpaired) electrons. The zero-order chi connectivity index (χ0) is 29.5. The van der Waals surface area contributed by atoms with Gasteiger partial charge in [-0.1, -0.05) is 62.4 Å². The van der Waals surface area contributed by atoms with Crippen molar-refractivity contribution in [2.45, 2.75) is 57.8 Å². The molecule has 0 bridgehead atoms. The number of hydrogen-bond acceptors (Lipinski definition) is 5. The Morgan fingerprint density at radius 1 is 0.881 bits per heavy atom. The second-order valence-electron chi connectivity index (χ2n) is 10.4. The molecule has 1 amide bonds. The van der Waals surface area contributed by atoms with Gasteiger partial charge in [0, 0.05) is 35.9 Å². The van der Waals surface area contributed by atoms with Crippen LogP contribution in [0.2, 0.25) is 0 Å². The molecule has 3 aromatic carbocycles. The van der Waals surface area contributed by atoms with Crippen molar-refractivity contribution in [1.82, 2.24) is 4.57 Å². The Labute approximate surface area is 275 Å². The van der Waals surface area contributed by atoms with E-state index in [0.29, 0.717) is 28.1 Å². The summed E-state index contributed by atoms with van der Waals surface area (Å²) in [6.07, 6.45) is -2.77. The number of aromatic nitrogens is 1. The van der Waals surface area contributed by atoms with Gasteiger partial charge < -0.3 is 30.0 Å². The molecule has 3 N–H and O–H groups in total. The van der Waals surface area contributed by atoms with E-state index in [9.17, 15) is 29.3 Å². The molecule has 42 heavy (non-hydrogen) atoms.